The van der Waals surface area contributed by atoms with Crippen LogP contribution in [0.2, 0.25) is 0 Å². The van der Waals surface area contributed by atoms with Gasteiger partial charge in [-0.3, -0.25) is 9.59 Å². The number of carbonyl (C=O) groups is 2. The Kier molecular flexibility index (Phi) is 7.86. The average Bonchev–Trinajstić information content (AvgIpc) is 2.81. The summed E-state index contributed by atoms with van der Waals surface area (Å²) in [7, 11) is 1.59. The molecule has 0 saturated carbocycles. The molecule has 0 heterocycles. The molecular formula is C26H27NO5. The highest BCUT2D eigenvalue weighted by Gasteiger charge is 2.25. The lowest BCUT2D eigenvalue weighted by Gasteiger charge is -2.19. The lowest BCUT2D eigenvalue weighted by Crippen LogP contribution is -2.26. The molecule has 32 heavy (non-hydrogen) atoms. The Bertz CT molecular complexity index is 1050. The molecule has 6 nitrogen and oxygen atoms in total. The summed E-state index contributed by atoms with van der Waals surface area (Å²) in [6, 6.07) is 21.8. The van der Waals surface area contributed by atoms with Gasteiger partial charge in [0.25, 0.3) is 5.91 Å². The normalized spacial score (nSPS) is 11.3. The molecule has 166 valence electrons. The van der Waals surface area contributed by atoms with Crippen LogP contribution in [0, 0.1) is 13.8 Å². The van der Waals surface area contributed by atoms with Gasteiger partial charge >= 0.3 is 5.97 Å². The molecule has 0 aromatic heterocycles. The molecule has 3 aromatic carbocycles. The molecule has 0 aliphatic heterocycles. The van der Waals surface area contributed by atoms with Gasteiger partial charge in [-0.05, 0) is 55.3 Å². The van der Waals surface area contributed by atoms with Crippen LogP contribution in [-0.2, 0) is 14.3 Å². The summed E-state index contributed by atoms with van der Waals surface area (Å²) >= 11 is 0. The highest BCUT2D eigenvalue weighted by molar-refractivity contribution is 5.96. The Hall–Kier alpha value is -3.80. The Balaban J connectivity index is 1.64. The van der Waals surface area contributed by atoms with Crippen LogP contribution in [0.5, 0.6) is 11.5 Å². The summed E-state index contributed by atoms with van der Waals surface area (Å²) in [5.74, 6) is 0.404. The number of aryl methyl sites for hydroxylation is 2. The summed E-state index contributed by atoms with van der Waals surface area (Å²) < 4.78 is 16.3. The Labute approximate surface area is 188 Å². The van der Waals surface area contributed by atoms with E-state index in [4.69, 9.17) is 14.2 Å². The molecule has 1 atom stereocenters. The molecule has 0 aliphatic rings. The van der Waals surface area contributed by atoms with E-state index in [9.17, 15) is 9.59 Å². The zero-order chi connectivity index (χ0) is 22.9. The molecule has 0 fully saturated rings. The molecule has 3 aromatic rings. The summed E-state index contributed by atoms with van der Waals surface area (Å²) in [5.41, 5.74) is 3.24. The molecule has 1 amide bonds. The van der Waals surface area contributed by atoms with Crippen molar-refractivity contribution in [2.24, 2.45) is 0 Å². The Morgan fingerprint density at radius 2 is 1.59 bits per heavy atom. The summed E-state index contributed by atoms with van der Waals surface area (Å²) in [5, 5.41) is 2.89. The predicted octanol–water partition coefficient (Wildman–Crippen LogP) is 5.00. The summed E-state index contributed by atoms with van der Waals surface area (Å²) in [4.78, 5) is 25.5. The molecule has 0 aliphatic carbocycles. The first-order valence-electron chi connectivity index (χ1n) is 10.4. The van der Waals surface area contributed by atoms with Crippen LogP contribution in [0.25, 0.3) is 0 Å². The van der Waals surface area contributed by atoms with E-state index in [-0.39, 0.29) is 13.0 Å². The molecule has 0 radical (unpaired) electrons. The van der Waals surface area contributed by atoms with Gasteiger partial charge in [0.05, 0.1) is 20.1 Å². The molecule has 3 rings (SSSR count). The van der Waals surface area contributed by atoms with Crippen LogP contribution in [-0.4, -0.2) is 25.6 Å². The monoisotopic (exact) mass is 433 g/mol. The molecule has 6 heteroatoms. The van der Waals surface area contributed by atoms with Gasteiger partial charge in [-0.2, -0.15) is 0 Å². The second kappa shape index (κ2) is 11.0. The van der Waals surface area contributed by atoms with Gasteiger partial charge < -0.3 is 19.5 Å². The minimum atomic E-state index is -1.07. The van der Waals surface area contributed by atoms with Gasteiger partial charge in [0, 0.05) is 11.3 Å². The van der Waals surface area contributed by atoms with Crippen molar-refractivity contribution in [1.29, 1.82) is 0 Å². The lowest BCUT2D eigenvalue weighted by molar-refractivity contribution is -0.155. The zero-order valence-corrected chi connectivity index (χ0v) is 18.5. The van der Waals surface area contributed by atoms with Crippen LogP contribution in [0.1, 0.15) is 29.2 Å². The smallest absolute Gasteiger partial charge is 0.310 e. The molecule has 1 unspecified atom stereocenters. The van der Waals surface area contributed by atoms with Crippen molar-refractivity contribution in [2.75, 3.05) is 19.0 Å². The van der Waals surface area contributed by atoms with E-state index in [0.29, 0.717) is 17.0 Å². The molecule has 0 bridgehead atoms. The van der Waals surface area contributed by atoms with Crippen LogP contribution in [0.15, 0.2) is 72.8 Å². The third kappa shape index (κ3) is 6.35. The minimum Gasteiger partial charge on any atom is -0.497 e. The Morgan fingerprint density at radius 1 is 0.906 bits per heavy atom. The first kappa shape index (κ1) is 22.9. The second-order valence-corrected chi connectivity index (χ2v) is 7.36. The average molecular weight is 434 g/mol. The fraction of sp³-hybridized carbons (Fsp3) is 0.231. The third-order valence-electron chi connectivity index (χ3n) is 4.88. The van der Waals surface area contributed by atoms with E-state index in [1.807, 2.05) is 38.1 Å². The topological polar surface area (TPSA) is 73.9 Å². The van der Waals surface area contributed by atoms with Gasteiger partial charge in [0.2, 0.25) is 6.10 Å². The van der Waals surface area contributed by atoms with Crippen molar-refractivity contribution < 1.29 is 23.8 Å². The van der Waals surface area contributed by atoms with E-state index in [2.05, 4.69) is 5.32 Å². The lowest BCUT2D eigenvalue weighted by atomic mass is 10.1. The predicted molar refractivity (Wildman–Crippen MR) is 123 cm³/mol. The minimum absolute atomic E-state index is 0.00607. The van der Waals surface area contributed by atoms with Gasteiger partial charge in [0.15, 0.2) is 0 Å². The van der Waals surface area contributed by atoms with Gasteiger partial charge in [-0.25, -0.2) is 0 Å². The largest absolute Gasteiger partial charge is 0.497 e. The number of rotatable bonds is 9. The number of anilines is 1. The molecule has 0 spiro atoms. The van der Waals surface area contributed by atoms with Crippen molar-refractivity contribution in [3.05, 3.63) is 89.5 Å². The van der Waals surface area contributed by atoms with Crippen LogP contribution < -0.4 is 14.8 Å². The van der Waals surface area contributed by atoms with E-state index < -0.39 is 18.0 Å². The first-order chi connectivity index (χ1) is 15.5. The fourth-order valence-electron chi connectivity index (χ4n) is 3.08. The fourth-order valence-corrected chi connectivity index (χ4v) is 3.08. The third-order valence-corrected chi connectivity index (χ3v) is 4.88. The quantitative estimate of drug-likeness (QED) is 0.481. The van der Waals surface area contributed by atoms with Crippen LogP contribution >= 0.6 is 0 Å². The number of esters is 1. The van der Waals surface area contributed by atoms with Crippen LogP contribution in [0.3, 0.4) is 0 Å². The van der Waals surface area contributed by atoms with Crippen LogP contribution in [0.4, 0.5) is 5.69 Å². The number of ether oxygens (including phenoxy) is 3. The SMILES string of the molecule is COc1ccc(OCCC(=O)OC(C(=O)Nc2cc(C)ccc2C)c2ccccc2)cc1. The maximum absolute atomic E-state index is 13.0. The first-order valence-corrected chi connectivity index (χ1v) is 10.4. The van der Waals surface area contributed by atoms with E-state index >= 15 is 0 Å². The Morgan fingerprint density at radius 3 is 2.28 bits per heavy atom. The maximum Gasteiger partial charge on any atom is 0.310 e. The molecule has 1 N–H and O–H groups in total. The van der Waals surface area contributed by atoms with Crippen molar-refractivity contribution >= 4 is 17.6 Å². The highest BCUT2D eigenvalue weighted by atomic mass is 16.6. The number of carbonyl (C=O) groups excluding carboxylic acids is 2. The van der Waals surface area contributed by atoms with E-state index in [0.717, 1.165) is 16.9 Å². The van der Waals surface area contributed by atoms with E-state index in [1.54, 1.807) is 55.6 Å². The van der Waals surface area contributed by atoms with Crippen molar-refractivity contribution in [3.63, 3.8) is 0 Å². The van der Waals surface area contributed by atoms with Gasteiger partial charge in [0.1, 0.15) is 11.5 Å². The number of nitrogens with one attached hydrogen (secondary N) is 1. The number of hydrogen-bond donors (Lipinski definition) is 1. The zero-order valence-electron chi connectivity index (χ0n) is 18.5. The second-order valence-electron chi connectivity index (χ2n) is 7.36. The highest BCUT2D eigenvalue weighted by Crippen LogP contribution is 2.23. The maximum atomic E-state index is 13.0. The summed E-state index contributed by atoms with van der Waals surface area (Å²) in [6.07, 6.45) is -1.06. The van der Waals surface area contributed by atoms with Gasteiger partial charge in [-0.1, -0.05) is 42.5 Å². The molecular weight excluding hydrogens is 406 g/mol. The van der Waals surface area contributed by atoms with Gasteiger partial charge in [-0.15, -0.1) is 0 Å². The summed E-state index contributed by atoms with van der Waals surface area (Å²) in [6.45, 7) is 3.99. The van der Waals surface area contributed by atoms with Crippen molar-refractivity contribution in [2.45, 2.75) is 26.4 Å². The standard InChI is InChI=1S/C26H27NO5/c1-18-9-10-19(2)23(17-18)27-26(29)25(20-7-5-4-6-8-20)32-24(28)15-16-31-22-13-11-21(30-3)12-14-22/h4-14,17,25H,15-16H2,1-3H3,(H,27,29). The number of amides is 1. The van der Waals surface area contributed by atoms with Crippen molar-refractivity contribution in [1.82, 2.24) is 0 Å². The number of methoxy groups -OCH3 is 1. The molecule has 0 saturated heterocycles. The van der Waals surface area contributed by atoms with E-state index in [1.165, 1.54) is 0 Å². The number of hydrogen-bond acceptors (Lipinski definition) is 5. The van der Waals surface area contributed by atoms with Crippen molar-refractivity contribution in [3.8, 4) is 11.5 Å². The number of benzene rings is 3.